The minimum absolute atomic E-state index is 0.197. The molecule has 4 aromatic heterocycles. The lowest BCUT2D eigenvalue weighted by Crippen LogP contribution is -2.33. The van der Waals surface area contributed by atoms with E-state index in [1.165, 1.54) is 23.4 Å². The van der Waals surface area contributed by atoms with Crippen LogP contribution in [0.3, 0.4) is 0 Å². The van der Waals surface area contributed by atoms with E-state index in [-0.39, 0.29) is 19.0 Å². The molecule has 1 N–H and O–H groups in total. The highest BCUT2D eigenvalue weighted by molar-refractivity contribution is 5.75. The zero-order valence-corrected chi connectivity index (χ0v) is 13.0. The van der Waals surface area contributed by atoms with E-state index < -0.39 is 5.56 Å². The SMILES string of the molecule is O=C(Cn1ncn2nc(-c3ccco3)cc2c1=O)NCc1ccco1. The molecule has 0 aliphatic rings. The molecule has 4 rings (SSSR count). The summed E-state index contributed by atoms with van der Waals surface area (Å²) in [5.74, 6) is 0.829. The Balaban J connectivity index is 1.54. The normalized spacial score (nSPS) is 11.0. The van der Waals surface area contributed by atoms with Crippen LogP contribution in [0.25, 0.3) is 17.0 Å². The van der Waals surface area contributed by atoms with Gasteiger partial charge in [0.2, 0.25) is 5.91 Å². The Morgan fingerprint density at radius 2 is 2.04 bits per heavy atom. The van der Waals surface area contributed by atoms with E-state index in [1.807, 2.05) is 0 Å². The van der Waals surface area contributed by atoms with Crippen molar-refractivity contribution >= 4 is 11.4 Å². The van der Waals surface area contributed by atoms with Crippen LogP contribution in [0.15, 0.2) is 62.8 Å². The van der Waals surface area contributed by atoms with Crippen LogP contribution in [-0.4, -0.2) is 25.3 Å². The van der Waals surface area contributed by atoms with E-state index in [9.17, 15) is 9.59 Å². The van der Waals surface area contributed by atoms with Gasteiger partial charge in [-0.2, -0.15) is 10.2 Å². The molecule has 0 saturated carbocycles. The van der Waals surface area contributed by atoms with Crippen molar-refractivity contribution in [3.05, 3.63) is 65.3 Å². The Bertz CT molecular complexity index is 1060. The van der Waals surface area contributed by atoms with Crippen molar-refractivity contribution in [2.24, 2.45) is 0 Å². The van der Waals surface area contributed by atoms with Gasteiger partial charge in [0.1, 0.15) is 29.8 Å². The minimum atomic E-state index is -0.416. The van der Waals surface area contributed by atoms with Gasteiger partial charge in [-0.1, -0.05) is 0 Å². The van der Waals surface area contributed by atoms with Gasteiger partial charge in [0.15, 0.2) is 5.76 Å². The zero-order valence-electron chi connectivity index (χ0n) is 13.0. The molecular weight excluding hydrogens is 326 g/mol. The van der Waals surface area contributed by atoms with E-state index in [0.29, 0.717) is 22.7 Å². The highest BCUT2D eigenvalue weighted by atomic mass is 16.3. The van der Waals surface area contributed by atoms with E-state index in [4.69, 9.17) is 8.83 Å². The Kier molecular flexibility index (Phi) is 3.65. The molecule has 0 atom stereocenters. The first-order valence-corrected chi connectivity index (χ1v) is 7.49. The number of amides is 1. The molecule has 4 heterocycles. The number of fused-ring (bicyclic) bond motifs is 1. The number of carbonyl (C=O) groups excluding carboxylic acids is 1. The summed E-state index contributed by atoms with van der Waals surface area (Å²) in [6.45, 7) is 0.0511. The maximum atomic E-state index is 12.5. The number of carbonyl (C=O) groups is 1. The van der Waals surface area contributed by atoms with Crippen LogP contribution < -0.4 is 10.9 Å². The average Bonchev–Trinajstić information content (AvgIpc) is 3.36. The van der Waals surface area contributed by atoms with Crippen LogP contribution in [0.2, 0.25) is 0 Å². The summed E-state index contributed by atoms with van der Waals surface area (Å²) in [6.07, 6.45) is 4.43. The van der Waals surface area contributed by atoms with Crippen LogP contribution >= 0.6 is 0 Å². The smallest absolute Gasteiger partial charge is 0.293 e. The molecule has 9 heteroatoms. The van der Waals surface area contributed by atoms with E-state index in [1.54, 1.807) is 30.3 Å². The fourth-order valence-corrected chi connectivity index (χ4v) is 2.39. The summed E-state index contributed by atoms with van der Waals surface area (Å²) in [5.41, 5.74) is 0.408. The van der Waals surface area contributed by atoms with Crippen molar-refractivity contribution < 1.29 is 13.6 Å². The standard InChI is InChI=1S/C16H13N5O4/c22-15(17-8-11-3-1-5-24-11)9-20-16(23)13-7-12(14-4-2-6-25-14)19-21(13)10-18-20/h1-7,10H,8-9H2,(H,17,22). The fraction of sp³-hybridized carbons (Fsp3) is 0.125. The molecule has 126 valence electrons. The van der Waals surface area contributed by atoms with Crippen LogP contribution in [0.5, 0.6) is 0 Å². The first kappa shape index (κ1) is 14.9. The topological polar surface area (TPSA) is 108 Å². The number of hydrogen-bond acceptors (Lipinski definition) is 6. The fourth-order valence-electron chi connectivity index (χ4n) is 2.39. The van der Waals surface area contributed by atoms with Crippen molar-refractivity contribution in [1.82, 2.24) is 24.7 Å². The van der Waals surface area contributed by atoms with E-state index in [2.05, 4.69) is 15.5 Å². The Morgan fingerprint density at radius 1 is 1.20 bits per heavy atom. The molecule has 0 fully saturated rings. The third-order valence-corrected chi connectivity index (χ3v) is 3.60. The van der Waals surface area contributed by atoms with Crippen LogP contribution in [0.1, 0.15) is 5.76 Å². The van der Waals surface area contributed by atoms with Gasteiger partial charge < -0.3 is 14.2 Å². The van der Waals surface area contributed by atoms with Gasteiger partial charge in [0.25, 0.3) is 5.56 Å². The van der Waals surface area contributed by atoms with Gasteiger partial charge in [0.05, 0.1) is 19.1 Å². The quantitative estimate of drug-likeness (QED) is 0.582. The molecule has 0 saturated heterocycles. The lowest BCUT2D eigenvalue weighted by molar-refractivity contribution is -0.122. The summed E-state index contributed by atoms with van der Waals surface area (Å²) in [5, 5.41) is 10.9. The first-order chi connectivity index (χ1) is 12.2. The molecule has 0 aromatic carbocycles. The van der Waals surface area contributed by atoms with Crippen molar-refractivity contribution in [3.8, 4) is 11.5 Å². The van der Waals surface area contributed by atoms with Crippen LogP contribution in [0.4, 0.5) is 0 Å². The van der Waals surface area contributed by atoms with E-state index in [0.717, 1.165) is 4.68 Å². The number of nitrogens with one attached hydrogen (secondary N) is 1. The lowest BCUT2D eigenvalue weighted by atomic mass is 10.3. The predicted octanol–water partition coefficient (Wildman–Crippen LogP) is 1.06. The third kappa shape index (κ3) is 2.94. The zero-order chi connectivity index (χ0) is 17.2. The highest BCUT2D eigenvalue weighted by Gasteiger charge is 2.13. The Morgan fingerprint density at radius 3 is 2.80 bits per heavy atom. The number of nitrogens with zero attached hydrogens (tertiary/aromatic N) is 4. The molecule has 0 bridgehead atoms. The van der Waals surface area contributed by atoms with Crippen molar-refractivity contribution in [3.63, 3.8) is 0 Å². The second-order valence-corrected chi connectivity index (χ2v) is 5.29. The molecule has 0 unspecified atom stereocenters. The number of furan rings is 2. The monoisotopic (exact) mass is 339 g/mol. The maximum absolute atomic E-state index is 12.5. The molecule has 4 aromatic rings. The van der Waals surface area contributed by atoms with Gasteiger partial charge in [-0.05, 0) is 24.3 Å². The van der Waals surface area contributed by atoms with Gasteiger partial charge in [-0.25, -0.2) is 9.20 Å². The summed E-state index contributed by atoms with van der Waals surface area (Å²) >= 11 is 0. The highest BCUT2D eigenvalue weighted by Crippen LogP contribution is 2.18. The van der Waals surface area contributed by atoms with Crippen LogP contribution in [0, 0.1) is 0 Å². The Hall–Kier alpha value is -3.62. The molecule has 0 spiro atoms. The second-order valence-electron chi connectivity index (χ2n) is 5.29. The number of aromatic nitrogens is 4. The molecule has 0 aliphatic heterocycles. The summed E-state index contributed by atoms with van der Waals surface area (Å²) < 4.78 is 12.8. The van der Waals surface area contributed by atoms with Gasteiger partial charge in [-0.15, -0.1) is 0 Å². The molecular formula is C16H13N5O4. The second kappa shape index (κ2) is 6.11. The summed E-state index contributed by atoms with van der Waals surface area (Å²) in [6, 6.07) is 8.56. The van der Waals surface area contributed by atoms with Crippen LogP contribution in [-0.2, 0) is 17.9 Å². The molecule has 1 amide bonds. The van der Waals surface area contributed by atoms with Gasteiger partial charge in [0, 0.05) is 6.07 Å². The largest absolute Gasteiger partial charge is 0.467 e. The van der Waals surface area contributed by atoms with Crippen molar-refractivity contribution in [1.29, 1.82) is 0 Å². The van der Waals surface area contributed by atoms with E-state index >= 15 is 0 Å². The van der Waals surface area contributed by atoms with Crippen molar-refractivity contribution in [2.45, 2.75) is 13.1 Å². The van der Waals surface area contributed by atoms with Gasteiger partial charge >= 0.3 is 0 Å². The third-order valence-electron chi connectivity index (χ3n) is 3.60. The number of hydrogen-bond donors (Lipinski definition) is 1. The molecule has 0 aliphatic carbocycles. The number of rotatable bonds is 5. The summed E-state index contributed by atoms with van der Waals surface area (Å²) in [7, 11) is 0. The first-order valence-electron chi connectivity index (χ1n) is 7.49. The molecule has 25 heavy (non-hydrogen) atoms. The average molecular weight is 339 g/mol. The molecule has 9 nitrogen and oxygen atoms in total. The lowest BCUT2D eigenvalue weighted by Gasteiger charge is -2.05. The molecule has 0 radical (unpaired) electrons. The van der Waals surface area contributed by atoms with Gasteiger partial charge in [-0.3, -0.25) is 9.59 Å². The predicted molar refractivity (Wildman–Crippen MR) is 85.5 cm³/mol. The van der Waals surface area contributed by atoms with Crippen molar-refractivity contribution in [2.75, 3.05) is 0 Å². The Labute approximate surface area is 140 Å². The minimum Gasteiger partial charge on any atom is -0.467 e. The maximum Gasteiger partial charge on any atom is 0.293 e. The summed E-state index contributed by atoms with van der Waals surface area (Å²) in [4.78, 5) is 24.5.